The predicted molar refractivity (Wildman–Crippen MR) is 73.6 cm³/mol. The molecule has 1 aliphatic heterocycles. The number of hydrogen-bond acceptors (Lipinski definition) is 4. The molecule has 1 saturated heterocycles. The molecular weight excluding hydrogens is 228 g/mol. The van der Waals surface area contributed by atoms with Gasteiger partial charge in [-0.1, -0.05) is 0 Å². The Bertz CT molecular complexity index is 281. The maximum Gasteiger partial charge on any atom is 0.327 e. The van der Waals surface area contributed by atoms with Gasteiger partial charge in [-0.05, 0) is 54.0 Å². The zero-order valence-electron chi connectivity index (χ0n) is 12.5. The lowest BCUT2D eigenvalue weighted by molar-refractivity contribution is -0.151. The van der Waals surface area contributed by atoms with Gasteiger partial charge in [0.25, 0.3) is 0 Å². The Balaban J connectivity index is 2.73. The van der Waals surface area contributed by atoms with E-state index < -0.39 is 5.54 Å². The van der Waals surface area contributed by atoms with Crippen molar-refractivity contribution in [3.8, 4) is 0 Å². The van der Waals surface area contributed by atoms with Crippen molar-refractivity contribution in [2.24, 2.45) is 0 Å². The van der Waals surface area contributed by atoms with E-state index in [1.165, 1.54) is 12.8 Å². The summed E-state index contributed by atoms with van der Waals surface area (Å²) in [5, 5.41) is 3.37. The van der Waals surface area contributed by atoms with Crippen molar-refractivity contribution in [2.45, 2.75) is 65.1 Å². The van der Waals surface area contributed by atoms with Crippen LogP contribution in [-0.2, 0) is 9.53 Å². The number of rotatable bonds is 6. The summed E-state index contributed by atoms with van der Waals surface area (Å²) in [4.78, 5) is 14.6. The third kappa shape index (κ3) is 3.95. The van der Waals surface area contributed by atoms with Gasteiger partial charge in [-0.2, -0.15) is 0 Å². The van der Waals surface area contributed by atoms with Gasteiger partial charge in [-0.15, -0.1) is 0 Å². The summed E-state index contributed by atoms with van der Waals surface area (Å²) in [5.74, 6) is -0.141. The molecule has 0 aromatic rings. The molecule has 0 spiro atoms. The zero-order chi connectivity index (χ0) is 13.8. The Labute approximate surface area is 111 Å². The van der Waals surface area contributed by atoms with E-state index in [1.54, 1.807) is 0 Å². The van der Waals surface area contributed by atoms with Gasteiger partial charge in [0.1, 0.15) is 5.54 Å². The summed E-state index contributed by atoms with van der Waals surface area (Å²) in [6, 6.07) is 0.824. The number of nitrogens with zero attached hydrogens (tertiary/aromatic N) is 1. The minimum absolute atomic E-state index is 0.141. The number of carbonyl (C=O) groups is 1. The Morgan fingerprint density at radius 3 is 2.67 bits per heavy atom. The Hall–Kier alpha value is -0.610. The second-order valence-corrected chi connectivity index (χ2v) is 5.81. The molecule has 0 amide bonds. The molecule has 1 N–H and O–H groups in total. The highest BCUT2D eigenvalue weighted by Gasteiger charge is 2.38. The lowest BCUT2D eigenvalue weighted by Gasteiger charge is -2.35. The highest BCUT2D eigenvalue weighted by Crippen LogP contribution is 2.20. The third-order valence-corrected chi connectivity index (χ3v) is 3.54. The van der Waals surface area contributed by atoms with Gasteiger partial charge in [0.15, 0.2) is 0 Å². The van der Waals surface area contributed by atoms with E-state index in [0.29, 0.717) is 12.6 Å². The summed E-state index contributed by atoms with van der Waals surface area (Å²) in [5.41, 5.74) is -0.608. The molecule has 0 radical (unpaired) electrons. The lowest BCUT2D eigenvalue weighted by atomic mass is 10.00. The Morgan fingerprint density at radius 1 is 1.56 bits per heavy atom. The maximum atomic E-state index is 12.2. The molecule has 1 aliphatic rings. The first kappa shape index (κ1) is 15.4. The van der Waals surface area contributed by atoms with Crippen LogP contribution in [0.4, 0.5) is 0 Å². The van der Waals surface area contributed by atoms with Crippen molar-refractivity contribution in [1.82, 2.24) is 10.2 Å². The van der Waals surface area contributed by atoms with Gasteiger partial charge >= 0.3 is 5.97 Å². The minimum Gasteiger partial charge on any atom is -0.465 e. The van der Waals surface area contributed by atoms with Crippen LogP contribution in [0.1, 0.15) is 47.5 Å². The standard InChI is InChI=1S/C14H28N2O2/c1-6-18-13(17)14(5,15-11(2)3)10-16-9-7-8-12(16)4/h11-12,15H,6-10H2,1-5H3. The lowest BCUT2D eigenvalue weighted by Crippen LogP contribution is -2.59. The molecule has 1 heterocycles. The highest BCUT2D eigenvalue weighted by atomic mass is 16.5. The first-order valence-electron chi connectivity index (χ1n) is 7.08. The minimum atomic E-state index is -0.608. The van der Waals surface area contributed by atoms with E-state index in [1.807, 2.05) is 13.8 Å². The van der Waals surface area contributed by atoms with Gasteiger partial charge in [0.2, 0.25) is 0 Å². The zero-order valence-corrected chi connectivity index (χ0v) is 12.5. The fourth-order valence-corrected chi connectivity index (χ4v) is 2.73. The van der Waals surface area contributed by atoms with Gasteiger partial charge in [0.05, 0.1) is 6.61 Å². The monoisotopic (exact) mass is 256 g/mol. The molecule has 0 aliphatic carbocycles. The largest absolute Gasteiger partial charge is 0.465 e. The first-order valence-corrected chi connectivity index (χ1v) is 7.08. The van der Waals surface area contributed by atoms with Crippen molar-refractivity contribution in [3.63, 3.8) is 0 Å². The van der Waals surface area contributed by atoms with E-state index >= 15 is 0 Å². The summed E-state index contributed by atoms with van der Waals surface area (Å²) >= 11 is 0. The quantitative estimate of drug-likeness (QED) is 0.736. The summed E-state index contributed by atoms with van der Waals surface area (Å²) in [6.07, 6.45) is 2.45. The number of ether oxygens (including phenoxy) is 1. The van der Waals surface area contributed by atoms with Crippen LogP contribution in [0.15, 0.2) is 0 Å². The molecule has 4 nitrogen and oxygen atoms in total. The number of likely N-dealkylation sites (tertiary alicyclic amines) is 1. The summed E-state index contributed by atoms with van der Waals surface area (Å²) in [6.45, 7) is 12.4. The van der Waals surface area contributed by atoms with Crippen LogP contribution in [0.3, 0.4) is 0 Å². The molecular formula is C14H28N2O2. The smallest absolute Gasteiger partial charge is 0.327 e. The van der Waals surface area contributed by atoms with Crippen LogP contribution < -0.4 is 5.32 Å². The second-order valence-electron chi connectivity index (χ2n) is 5.81. The normalized spacial score (nSPS) is 24.2. The van der Waals surface area contributed by atoms with Gasteiger partial charge in [0, 0.05) is 18.6 Å². The average Bonchev–Trinajstić information content (AvgIpc) is 2.63. The van der Waals surface area contributed by atoms with Crippen molar-refractivity contribution in [3.05, 3.63) is 0 Å². The SMILES string of the molecule is CCOC(=O)C(C)(CN1CCCC1C)NC(C)C. The molecule has 0 aromatic heterocycles. The van der Waals surface area contributed by atoms with Crippen molar-refractivity contribution >= 4 is 5.97 Å². The molecule has 18 heavy (non-hydrogen) atoms. The number of hydrogen-bond donors (Lipinski definition) is 1. The molecule has 106 valence electrons. The van der Waals surface area contributed by atoms with E-state index in [4.69, 9.17) is 4.74 Å². The van der Waals surface area contributed by atoms with Gasteiger partial charge in [-0.3, -0.25) is 15.0 Å². The molecule has 1 fully saturated rings. The van der Waals surface area contributed by atoms with E-state index in [9.17, 15) is 4.79 Å². The van der Waals surface area contributed by atoms with Crippen molar-refractivity contribution in [2.75, 3.05) is 19.7 Å². The van der Waals surface area contributed by atoms with E-state index in [0.717, 1.165) is 13.1 Å². The Morgan fingerprint density at radius 2 is 2.22 bits per heavy atom. The summed E-state index contributed by atoms with van der Waals surface area (Å²) < 4.78 is 5.23. The molecule has 2 unspecified atom stereocenters. The van der Waals surface area contributed by atoms with Crippen molar-refractivity contribution in [1.29, 1.82) is 0 Å². The highest BCUT2D eigenvalue weighted by molar-refractivity contribution is 5.80. The van der Waals surface area contributed by atoms with E-state index in [2.05, 4.69) is 31.0 Å². The van der Waals surface area contributed by atoms with Crippen LogP contribution >= 0.6 is 0 Å². The predicted octanol–water partition coefficient (Wildman–Crippen LogP) is 1.79. The fraction of sp³-hybridized carbons (Fsp3) is 0.929. The molecule has 0 aromatic carbocycles. The van der Waals surface area contributed by atoms with Crippen LogP contribution in [-0.4, -0.2) is 48.2 Å². The van der Waals surface area contributed by atoms with Crippen LogP contribution in [0.25, 0.3) is 0 Å². The molecule has 0 bridgehead atoms. The maximum absolute atomic E-state index is 12.2. The molecule has 2 atom stereocenters. The Kier molecular flexibility index (Phi) is 5.60. The number of esters is 1. The van der Waals surface area contributed by atoms with Crippen LogP contribution in [0.2, 0.25) is 0 Å². The third-order valence-electron chi connectivity index (χ3n) is 3.54. The van der Waals surface area contributed by atoms with Crippen LogP contribution in [0, 0.1) is 0 Å². The topological polar surface area (TPSA) is 41.6 Å². The number of nitrogens with one attached hydrogen (secondary N) is 1. The first-order chi connectivity index (χ1) is 8.39. The van der Waals surface area contributed by atoms with Crippen LogP contribution in [0.5, 0.6) is 0 Å². The molecule has 0 saturated carbocycles. The molecule has 4 heteroatoms. The fourth-order valence-electron chi connectivity index (χ4n) is 2.73. The van der Waals surface area contributed by atoms with Gasteiger partial charge in [-0.25, -0.2) is 0 Å². The number of carbonyl (C=O) groups excluding carboxylic acids is 1. The van der Waals surface area contributed by atoms with Gasteiger partial charge < -0.3 is 4.74 Å². The second kappa shape index (κ2) is 6.53. The van der Waals surface area contributed by atoms with E-state index in [-0.39, 0.29) is 12.0 Å². The van der Waals surface area contributed by atoms with Crippen molar-refractivity contribution < 1.29 is 9.53 Å². The average molecular weight is 256 g/mol. The molecule has 1 rings (SSSR count). The summed E-state index contributed by atoms with van der Waals surface area (Å²) in [7, 11) is 0.